The number of rotatable bonds is 5. The predicted octanol–water partition coefficient (Wildman–Crippen LogP) is 4.13. The third-order valence-electron chi connectivity index (χ3n) is 6.57. The van der Waals surface area contributed by atoms with Crippen LogP contribution in [0, 0.1) is 5.92 Å². The molecule has 0 saturated heterocycles. The third kappa shape index (κ3) is 4.78. The standard InChI is InChI=1S/C24H22F3N7O3S/c25-24(26,27)38(36,37)18-9-5-16(6-10-18)31-23(35)14-3-7-17(8-4-14)34-13-30-19-20(28)32-21(33-22(19)34)15-2-1-11-29-12-15/h1-2,5-6,9-14,17H,3-4,7-8H2,(H,31,35)(H2,28,32,33). The number of nitrogen functional groups attached to an aromatic ring is 1. The summed E-state index contributed by atoms with van der Waals surface area (Å²) in [7, 11) is -5.45. The Labute approximate surface area is 215 Å². The largest absolute Gasteiger partial charge is 0.501 e. The first kappa shape index (κ1) is 25.6. The number of hydrogen-bond acceptors (Lipinski definition) is 8. The van der Waals surface area contributed by atoms with E-state index in [2.05, 4.69) is 25.3 Å². The molecule has 3 aromatic heterocycles. The van der Waals surface area contributed by atoms with Crippen LogP contribution in [0.25, 0.3) is 22.6 Å². The number of pyridine rings is 1. The summed E-state index contributed by atoms with van der Waals surface area (Å²) in [5.74, 6) is 0.0998. The number of carbonyl (C=O) groups excluding carboxylic acids is 1. The van der Waals surface area contributed by atoms with Gasteiger partial charge in [0.15, 0.2) is 17.3 Å². The highest BCUT2D eigenvalue weighted by molar-refractivity contribution is 7.92. The van der Waals surface area contributed by atoms with Crippen LogP contribution < -0.4 is 11.1 Å². The minimum atomic E-state index is -5.45. The SMILES string of the molecule is Nc1nc(-c2cccnc2)nc2c1ncn2C1CCC(C(=O)Nc2ccc(S(=O)(=O)C(F)(F)F)cc2)CC1. The first-order valence-corrected chi connectivity index (χ1v) is 13.2. The van der Waals surface area contributed by atoms with Crippen LogP contribution >= 0.6 is 0 Å². The van der Waals surface area contributed by atoms with Crippen LogP contribution in [0.15, 0.2) is 60.0 Å². The van der Waals surface area contributed by atoms with Crippen molar-refractivity contribution in [1.82, 2.24) is 24.5 Å². The Kier molecular flexibility index (Phi) is 6.51. The molecule has 1 aromatic carbocycles. The highest BCUT2D eigenvalue weighted by Gasteiger charge is 2.46. The number of fused-ring (bicyclic) bond motifs is 1. The summed E-state index contributed by atoms with van der Waals surface area (Å²) in [5.41, 5.74) is 2.77. The van der Waals surface area contributed by atoms with Gasteiger partial charge in [0.2, 0.25) is 5.91 Å². The zero-order valence-corrected chi connectivity index (χ0v) is 20.6. The van der Waals surface area contributed by atoms with Gasteiger partial charge in [-0.15, -0.1) is 0 Å². The first-order valence-electron chi connectivity index (χ1n) is 11.7. The van der Waals surface area contributed by atoms with E-state index in [0.717, 1.165) is 29.8 Å². The van der Waals surface area contributed by atoms with E-state index in [1.165, 1.54) is 0 Å². The van der Waals surface area contributed by atoms with Crippen LogP contribution in [-0.4, -0.2) is 44.3 Å². The summed E-state index contributed by atoms with van der Waals surface area (Å²) in [4.78, 5) is 29.4. The maximum atomic E-state index is 12.8. The van der Waals surface area contributed by atoms with Crippen molar-refractivity contribution in [3.63, 3.8) is 0 Å². The molecule has 0 unspecified atom stereocenters. The highest BCUT2D eigenvalue weighted by atomic mass is 32.2. The van der Waals surface area contributed by atoms with Gasteiger partial charge in [0.1, 0.15) is 5.52 Å². The van der Waals surface area contributed by atoms with Crippen LogP contribution in [0.5, 0.6) is 0 Å². The number of nitrogens with one attached hydrogen (secondary N) is 1. The summed E-state index contributed by atoms with van der Waals surface area (Å²) in [5, 5.41) is 2.66. The number of amides is 1. The van der Waals surface area contributed by atoms with Crippen LogP contribution in [-0.2, 0) is 14.6 Å². The van der Waals surface area contributed by atoms with E-state index in [1.54, 1.807) is 24.8 Å². The zero-order chi connectivity index (χ0) is 27.1. The molecule has 1 fully saturated rings. The summed E-state index contributed by atoms with van der Waals surface area (Å²) >= 11 is 0. The lowest BCUT2D eigenvalue weighted by molar-refractivity contribution is -0.121. The van der Waals surface area contributed by atoms with Crippen LogP contribution in [0.1, 0.15) is 31.7 Å². The van der Waals surface area contributed by atoms with E-state index in [0.29, 0.717) is 42.7 Å². The van der Waals surface area contributed by atoms with E-state index >= 15 is 0 Å². The van der Waals surface area contributed by atoms with Gasteiger partial charge in [0.25, 0.3) is 9.84 Å². The summed E-state index contributed by atoms with van der Waals surface area (Å²) in [6.45, 7) is 0. The van der Waals surface area contributed by atoms with Crippen molar-refractivity contribution in [3.8, 4) is 11.4 Å². The van der Waals surface area contributed by atoms with Gasteiger partial charge in [-0.25, -0.2) is 23.4 Å². The van der Waals surface area contributed by atoms with Crippen molar-refractivity contribution < 1.29 is 26.4 Å². The molecule has 38 heavy (non-hydrogen) atoms. The molecule has 1 saturated carbocycles. The van der Waals surface area contributed by atoms with Crippen molar-refractivity contribution in [2.75, 3.05) is 11.1 Å². The van der Waals surface area contributed by atoms with Gasteiger partial charge in [0.05, 0.1) is 11.2 Å². The Morgan fingerprint density at radius 3 is 2.39 bits per heavy atom. The minimum Gasteiger partial charge on any atom is -0.382 e. The second-order valence-electron chi connectivity index (χ2n) is 8.97. The fourth-order valence-electron chi connectivity index (χ4n) is 4.54. The molecule has 1 aliphatic rings. The van der Waals surface area contributed by atoms with Crippen molar-refractivity contribution in [2.45, 2.75) is 42.1 Å². The molecule has 1 aliphatic carbocycles. The van der Waals surface area contributed by atoms with E-state index in [-0.39, 0.29) is 29.4 Å². The van der Waals surface area contributed by atoms with Crippen molar-refractivity contribution in [1.29, 1.82) is 0 Å². The van der Waals surface area contributed by atoms with Gasteiger partial charge in [-0.05, 0) is 62.1 Å². The van der Waals surface area contributed by atoms with Crippen molar-refractivity contribution in [2.24, 2.45) is 5.92 Å². The molecule has 3 heterocycles. The average molecular weight is 546 g/mol. The Morgan fingerprint density at radius 2 is 1.76 bits per heavy atom. The molecule has 0 bridgehead atoms. The van der Waals surface area contributed by atoms with Gasteiger partial charge in [-0.1, -0.05) is 0 Å². The second-order valence-corrected chi connectivity index (χ2v) is 10.9. The van der Waals surface area contributed by atoms with Gasteiger partial charge in [0, 0.05) is 35.6 Å². The molecule has 10 nitrogen and oxygen atoms in total. The molecule has 198 valence electrons. The maximum Gasteiger partial charge on any atom is 0.501 e. The van der Waals surface area contributed by atoms with Crippen LogP contribution in [0.2, 0.25) is 0 Å². The number of hydrogen-bond donors (Lipinski definition) is 2. The van der Waals surface area contributed by atoms with Gasteiger partial charge >= 0.3 is 5.51 Å². The molecule has 5 rings (SSSR count). The van der Waals surface area contributed by atoms with Gasteiger partial charge in [-0.2, -0.15) is 13.2 Å². The number of imidazole rings is 1. The molecule has 0 radical (unpaired) electrons. The van der Waals surface area contributed by atoms with E-state index in [1.807, 2.05) is 10.6 Å². The zero-order valence-electron chi connectivity index (χ0n) is 19.8. The summed E-state index contributed by atoms with van der Waals surface area (Å²) in [6, 6.07) is 7.59. The number of alkyl halides is 3. The van der Waals surface area contributed by atoms with Gasteiger partial charge < -0.3 is 15.6 Å². The number of benzene rings is 1. The molecule has 0 atom stereocenters. The fourth-order valence-corrected chi connectivity index (χ4v) is 5.30. The number of nitrogens with zero attached hydrogens (tertiary/aromatic N) is 5. The monoisotopic (exact) mass is 545 g/mol. The Balaban J connectivity index is 1.26. The lowest BCUT2D eigenvalue weighted by atomic mass is 9.85. The maximum absolute atomic E-state index is 12.8. The van der Waals surface area contributed by atoms with Crippen molar-refractivity contribution >= 4 is 38.4 Å². The normalized spacial score (nSPS) is 18.4. The first-order chi connectivity index (χ1) is 18.0. The molecule has 0 aliphatic heterocycles. The highest BCUT2D eigenvalue weighted by Crippen LogP contribution is 2.36. The van der Waals surface area contributed by atoms with Crippen molar-refractivity contribution in [3.05, 3.63) is 55.1 Å². The predicted molar refractivity (Wildman–Crippen MR) is 132 cm³/mol. The third-order valence-corrected chi connectivity index (χ3v) is 8.07. The molecule has 1 amide bonds. The average Bonchev–Trinajstić information content (AvgIpc) is 3.34. The molecule has 4 aromatic rings. The number of halogens is 3. The van der Waals surface area contributed by atoms with Crippen LogP contribution in [0.4, 0.5) is 24.7 Å². The quantitative estimate of drug-likeness (QED) is 0.381. The van der Waals surface area contributed by atoms with E-state index in [4.69, 9.17) is 5.73 Å². The molecular weight excluding hydrogens is 523 g/mol. The molecule has 3 N–H and O–H groups in total. The smallest absolute Gasteiger partial charge is 0.382 e. The summed E-state index contributed by atoms with van der Waals surface area (Å²) in [6.07, 6.45) is 7.42. The van der Waals surface area contributed by atoms with Crippen LogP contribution in [0.3, 0.4) is 0 Å². The number of aromatic nitrogens is 5. The van der Waals surface area contributed by atoms with E-state index < -0.39 is 20.2 Å². The molecular formula is C24H22F3N7O3S. The van der Waals surface area contributed by atoms with E-state index in [9.17, 15) is 26.4 Å². The number of carbonyl (C=O) groups is 1. The molecule has 0 spiro atoms. The summed E-state index contributed by atoms with van der Waals surface area (Å²) < 4.78 is 63.2. The Bertz CT molecular complexity index is 1580. The lowest BCUT2D eigenvalue weighted by Crippen LogP contribution is -2.28. The number of anilines is 2. The number of nitrogens with two attached hydrogens (primary N) is 1. The number of sulfone groups is 1. The minimum absolute atomic E-state index is 0.0342. The Hall–Kier alpha value is -4.07. The van der Waals surface area contributed by atoms with Gasteiger partial charge in [-0.3, -0.25) is 9.78 Å². The Morgan fingerprint density at radius 1 is 1.05 bits per heavy atom. The second kappa shape index (κ2) is 9.67. The molecule has 14 heteroatoms. The fraction of sp³-hybridized carbons (Fsp3) is 0.292. The lowest BCUT2D eigenvalue weighted by Gasteiger charge is -2.28. The topological polar surface area (TPSA) is 146 Å².